The number of nitrogens with zero attached hydrogens (tertiary/aromatic N) is 1. The van der Waals surface area contributed by atoms with E-state index >= 15 is 0 Å². The first-order valence-corrected chi connectivity index (χ1v) is 7.58. The molecule has 1 heterocycles. The summed E-state index contributed by atoms with van der Waals surface area (Å²) >= 11 is 1.33. The van der Waals surface area contributed by atoms with Crippen molar-refractivity contribution >= 4 is 17.7 Å². The van der Waals surface area contributed by atoms with Gasteiger partial charge in [-0.25, -0.2) is 8.78 Å². The van der Waals surface area contributed by atoms with Crippen molar-refractivity contribution in [3.63, 3.8) is 0 Å². The van der Waals surface area contributed by atoms with Gasteiger partial charge >= 0.3 is 0 Å². The predicted octanol–water partition coefficient (Wildman–Crippen LogP) is 2.43. The number of hydrogen-bond acceptors (Lipinski definition) is 3. The van der Waals surface area contributed by atoms with Gasteiger partial charge in [-0.2, -0.15) is 0 Å². The zero-order chi connectivity index (χ0) is 14.5. The molecule has 0 aromatic heterocycles. The topological polar surface area (TPSA) is 40.5 Å². The van der Waals surface area contributed by atoms with Gasteiger partial charge in [0, 0.05) is 30.2 Å². The molecule has 0 saturated carbocycles. The van der Waals surface area contributed by atoms with Crippen LogP contribution in [0, 0.1) is 11.6 Å². The van der Waals surface area contributed by atoms with E-state index in [1.165, 1.54) is 17.8 Å². The highest BCUT2D eigenvalue weighted by atomic mass is 32.2. The highest BCUT2D eigenvalue weighted by Crippen LogP contribution is 2.21. The Kier molecular flexibility index (Phi) is 5.37. The summed E-state index contributed by atoms with van der Waals surface area (Å²) in [5.74, 6) is -1.15. The van der Waals surface area contributed by atoms with Crippen LogP contribution in [0.25, 0.3) is 0 Å². The maximum atomic E-state index is 13.0. The minimum Gasteiger partial charge on any atom is -0.393 e. The number of halogens is 2. The van der Waals surface area contributed by atoms with Gasteiger partial charge in [0.2, 0.25) is 5.91 Å². The van der Waals surface area contributed by atoms with E-state index in [1.54, 1.807) is 4.90 Å². The fraction of sp³-hybridized carbons (Fsp3) is 0.500. The number of amides is 1. The van der Waals surface area contributed by atoms with Crippen molar-refractivity contribution in [1.82, 2.24) is 4.90 Å². The zero-order valence-corrected chi connectivity index (χ0v) is 11.8. The standard InChI is InChI=1S/C14H17F2NO2S/c15-12-2-1-11(9-13(12)16)20-8-5-14(19)17-6-3-10(18)4-7-17/h1-2,9-10,18H,3-8H2. The smallest absolute Gasteiger partial charge is 0.223 e. The van der Waals surface area contributed by atoms with E-state index in [1.807, 2.05) is 0 Å². The number of carbonyl (C=O) groups excluding carboxylic acids is 1. The Balaban J connectivity index is 1.75. The lowest BCUT2D eigenvalue weighted by molar-refractivity contribution is -0.132. The summed E-state index contributed by atoms with van der Waals surface area (Å²) in [6.45, 7) is 1.19. The molecular weight excluding hydrogens is 284 g/mol. The summed E-state index contributed by atoms with van der Waals surface area (Å²) < 4.78 is 25.8. The van der Waals surface area contributed by atoms with Gasteiger partial charge in [-0.3, -0.25) is 4.79 Å². The van der Waals surface area contributed by atoms with Gasteiger partial charge < -0.3 is 10.0 Å². The molecule has 20 heavy (non-hydrogen) atoms. The van der Waals surface area contributed by atoms with Gasteiger partial charge in [0.25, 0.3) is 0 Å². The second-order valence-electron chi connectivity index (χ2n) is 4.79. The Hall–Kier alpha value is -1.14. The van der Waals surface area contributed by atoms with Crippen molar-refractivity contribution in [2.45, 2.75) is 30.3 Å². The Morgan fingerprint density at radius 2 is 2.00 bits per heavy atom. The van der Waals surface area contributed by atoms with Gasteiger partial charge in [0.05, 0.1) is 6.10 Å². The summed E-state index contributed by atoms with van der Waals surface area (Å²) in [6, 6.07) is 3.73. The van der Waals surface area contributed by atoms with Crippen LogP contribution in [0.15, 0.2) is 23.1 Å². The summed E-state index contributed by atoms with van der Waals surface area (Å²) in [5, 5.41) is 9.37. The van der Waals surface area contributed by atoms with E-state index < -0.39 is 11.6 Å². The van der Waals surface area contributed by atoms with E-state index in [4.69, 9.17) is 0 Å². The molecule has 0 spiro atoms. The van der Waals surface area contributed by atoms with Gasteiger partial charge in [-0.1, -0.05) is 0 Å². The highest BCUT2D eigenvalue weighted by molar-refractivity contribution is 7.99. The van der Waals surface area contributed by atoms with Crippen molar-refractivity contribution in [1.29, 1.82) is 0 Å². The van der Waals surface area contributed by atoms with Crippen LogP contribution in [-0.2, 0) is 4.79 Å². The van der Waals surface area contributed by atoms with Crippen LogP contribution >= 0.6 is 11.8 Å². The third-order valence-electron chi connectivity index (χ3n) is 3.29. The number of aliphatic hydroxyl groups excluding tert-OH is 1. The van der Waals surface area contributed by atoms with Crippen molar-refractivity contribution in [3.8, 4) is 0 Å². The third kappa shape index (κ3) is 4.18. The molecule has 0 bridgehead atoms. The predicted molar refractivity (Wildman–Crippen MR) is 73.5 cm³/mol. The summed E-state index contributed by atoms with van der Waals surface area (Å²) in [5.41, 5.74) is 0. The number of piperidine rings is 1. The molecule has 1 N–H and O–H groups in total. The van der Waals surface area contributed by atoms with Crippen LogP contribution in [0.4, 0.5) is 8.78 Å². The number of benzene rings is 1. The average molecular weight is 301 g/mol. The van der Waals surface area contributed by atoms with E-state index in [2.05, 4.69) is 0 Å². The Bertz CT molecular complexity index is 476. The minimum atomic E-state index is -0.869. The largest absolute Gasteiger partial charge is 0.393 e. The first-order valence-electron chi connectivity index (χ1n) is 6.60. The van der Waals surface area contributed by atoms with Crippen LogP contribution in [0.3, 0.4) is 0 Å². The number of aliphatic hydroxyl groups is 1. The average Bonchev–Trinajstić information content (AvgIpc) is 2.43. The first kappa shape index (κ1) is 15.3. The van der Waals surface area contributed by atoms with E-state index in [0.717, 1.165) is 12.1 Å². The van der Waals surface area contributed by atoms with Crippen LogP contribution in [0.5, 0.6) is 0 Å². The normalized spacial score (nSPS) is 16.4. The monoisotopic (exact) mass is 301 g/mol. The van der Waals surface area contributed by atoms with Gasteiger partial charge in [-0.05, 0) is 31.0 Å². The maximum Gasteiger partial charge on any atom is 0.223 e. The van der Waals surface area contributed by atoms with Crippen molar-refractivity contribution in [3.05, 3.63) is 29.8 Å². The van der Waals surface area contributed by atoms with Crippen LogP contribution in [0.1, 0.15) is 19.3 Å². The molecule has 1 saturated heterocycles. The quantitative estimate of drug-likeness (QED) is 0.868. The molecule has 1 aromatic rings. The molecule has 1 amide bonds. The minimum absolute atomic E-state index is 0.0481. The number of carbonyl (C=O) groups is 1. The van der Waals surface area contributed by atoms with Crippen molar-refractivity contribution in [2.24, 2.45) is 0 Å². The maximum absolute atomic E-state index is 13.0. The van der Waals surface area contributed by atoms with Crippen molar-refractivity contribution in [2.75, 3.05) is 18.8 Å². The molecule has 6 heteroatoms. The number of hydrogen-bond donors (Lipinski definition) is 1. The zero-order valence-electron chi connectivity index (χ0n) is 11.0. The molecule has 0 aliphatic carbocycles. The molecule has 1 aromatic carbocycles. The molecular formula is C14H17F2NO2S. The van der Waals surface area contributed by atoms with Crippen molar-refractivity contribution < 1.29 is 18.7 Å². The Labute approximate surface area is 121 Å². The Morgan fingerprint density at radius 3 is 2.65 bits per heavy atom. The van der Waals surface area contributed by atoms with Crippen LogP contribution in [0.2, 0.25) is 0 Å². The van der Waals surface area contributed by atoms with E-state index in [0.29, 0.717) is 43.0 Å². The molecule has 110 valence electrons. The Morgan fingerprint density at radius 1 is 1.30 bits per heavy atom. The van der Waals surface area contributed by atoms with E-state index in [9.17, 15) is 18.7 Å². The van der Waals surface area contributed by atoms with Crippen LogP contribution in [-0.4, -0.2) is 40.9 Å². The number of likely N-dealkylation sites (tertiary alicyclic amines) is 1. The molecule has 1 aliphatic rings. The summed E-state index contributed by atoms with van der Waals surface area (Å²) in [4.78, 5) is 14.3. The second-order valence-corrected chi connectivity index (χ2v) is 5.95. The SMILES string of the molecule is O=C(CCSc1ccc(F)c(F)c1)N1CCC(O)CC1. The molecule has 1 aliphatic heterocycles. The third-order valence-corrected chi connectivity index (χ3v) is 4.29. The highest BCUT2D eigenvalue weighted by Gasteiger charge is 2.20. The van der Waals surface area contributed by atoms with Crippen LogP contribution < -0.4 is 0 Å². The van der Waals surface area contributed by atoms with Gasteiger partial charge in [0.1, 0.15) is 0 Å². The number of thioether (sulfide) groups is 1. The van der Waals surface area contributed by atoms with Gasteiger partial charge in [-0.15, -0.1) is 11.8 Å². The first-order chi connectivity index (χ1) is 9.56. The lowest BCUT2D eigenvalue weighted by Crippen LogP contribution is -2.40. The lowest BCUT2D eigenvalue weighted by Gasteiger charge is -2.29. The molecule has 0 radical (unpaired) electrons. The lowest BCUT2D eigenvalue weighted by atomic mass is 10.1. The molecule has 0 atom stereocenters. The fourth-order valence-electron chi connectivity index (χ4n) is 2.10. The summed E-state index contributed by atoms with van der Waals surface area (Å²) in [7, 11) is 0. The number of rotatable bonds is 4. The molecule has 1 fully saturated rings. The second kappa shape index (κ2) is 7.04. The molecule has 2 rings (SSSR count). The molecule has 3 nitrogen and oxygen atoms in total. The molecule has 0 unspecified atom stereocenters. The fourth-order valence-corrected chi connectivity index (χ4v) is 2.96. The van der Waals surface area contributed by atoms with Gasteiger partial charge in [0.15, 0.2) is 11.6 Å². The van der Waals surface area contributed by atoms with E-state index in [-0.39, 0.29) is 12.0 Å². The summed E-state index contributed by atoms with van der Waals surface area (Å²) in [6.07, 6.45) is 1.32.